The average Bonchev–Trinajstić information content (AvgIpc) is 2.23. The van der Waals surface area contributed by atoms with Crippen molar-refractivity contribution in [3.8, 4) is 0 Å². The number of ether oxygens (including phenoxy) is 1. The molecule has 1 aromatic rings. The van der Waals surface area contributed by atoms with E-state index < -0.39 is 6.04 Å². The van der Waals surface area contributed by atoms with Gasteiger partial charge >= 0.3 is 0 Å². The third-order valence-electron chi connectivity index (χ3n) is 1.94. The number of hydrogen-bond donors (Lipinski definition) is 2. The number of nitrogens with one attached hydrogen (secondary N) is 1. The first kappa shape index (κ1) is 15.1. The highest BCUT2D eigenvalue weighted by Crippen LogP contribution is 2.34. The fraction of sp³-hybridized carbons (Fsp3) is 0.300. The molecule has 0 aromatic heterocycles. The van der Waals surface area contributed by atoms with Crippen molar-refractivity contribution in [1.82, 2.24) is 0 Å². The second kappa shape index (κ2) is 6.84. The highest BCUT2D eigenvalue weighted by Gasteiger charge is 2.16. The number of nitrogens with two attached hydrogens (primary N) is 1. The quantitative estimate of drug-likeness (QED) is 0.772. The van der Waals surface area contributed by atoms with Crippen LogP contribution in [0.5, 0.6) is 0 Å². The lowest BCUT2D eigenvalue weighted by Gasteiger charge is -2.14. The van der Waals surface area contributed by atoms with Crippen molar-refractivity contribution in [2.45, 2.75) is 6.04 Å². The highest BCUT2D eigenvalue weighted by atomic mass is 79.9. The van der Waals surface area contributed by atoms with E-state index in [-0.39, 0.29) is 12.5 Å². The molecule has 7 heteroatoms. The SMILES string of the molecule is COCC(N)C(=O)Nc1c(Br)cc(Br)cc1Br. The Labute approximate surface area is 125 Å². The molecule has 0 aliphatic carbocycles. The van der Waals surface area contributed by atoms with Crippen LogP contribution in [0.4, 0.5) is 5.69 Å². The molecule has 3 N–H and O–H groups in total. The molecule has 0 heterocycles. The third kappa shape index (κ3) is 4.33. The topological polar surface area (TPSA) is 64.3 Å². The minimum atomic E-state index is -0.692. The van der Waals surface area contributed by atoms with Crippen LogP contribution in [0.3, 0.4) is 0 Å². The second-order valence-corrected chi connectivity index (χ2v) is 5.92. The van der Waals surface area contributed by atoms with Gasteiger partial charge in [0.1, 0.15) is 6.04 Å². The van der Waals surface area contributed by atoms with Gasteiger partial charge in [-0.05, 0) is 44.0 Å². The summed E-state index contributed by atoms with van der Waals surface area (Å²) in [6.45, 7) is 0.178. The summed E-state index contributed by atoms with van der Waals surface area (Å²) in [5, 5.41) is 2.73. The van der Waals surface area contributed by atoms with Gasteiger partial charge in [0.25, 0.3) is 0 Å². The standard InChI is InChI=1S/C10H11Br3N2O2/c1-17-4-8(14)10(16)15-9-6(12)2-5(11)3-7(9)13/h2-3,8H,4,14H2,1H3,(H,15,16). The van der Waals surface area contributed by atoms with Crippen LogP contribution in [0.2, 0.25) is 0 Å². The average molecular weight is 431 g/mol. The number of carbonyl (C=O) groups excluding carboxylic acids is 1. The number of amides is 1. The molecule has 1 unspecified atom stereocenters. The molecule has 1 rings (SSSR count). The van der Waals surface area contributed by atoms with Crippen molar-refractivity contribution in [2.75, 3.05) is 19.0 Å². The number of hydrogen-bond acceptors (Lipinski definition) is 3. The first-order chi connectivity index (χ1) is 7.95. The summed E-state index contributed by atoms with van der Waals surface area (Å²) in [6.07, 6.45) is 0. The number of methoxy groups -OCH3 is 1. The van der Waals surface area contributed by atoms with E-state index in [1.54, 1.807) is 0 Å². The minimum Gasteiger partial charge on any atom is -0.383 e. The largest absolute Gasteiger partial charge is 0.383 e. The third-order valence-corrected chi connectivity index (χ3v) is 3.65. The first-order valence-corrected chi connectivity index (χ1v) is 7.03. The molecule has 0 bridgehead atoms. The van der Waals surface area contributed by atoms with Crippen LogP contribution in [0.1, 0.15) is 0 Å². The fourth-order valence-corrected chi connectivity index (χ4v) is 3.59. The van der Waals surface area contributed by atoms with Gasteiger partial charge in [0.2, 0.25) is 5.91 Å². The predicted molar refractivity (Wildman–Crippen MR) is 78.0 cm³/mol. The summed E-state index contributed by atoms with van der Waals surface area (Å²) in [5.41, 5.74) is 6.27. The summed E-state index contributed by atoms with van der Waals surface area (Å²) in [5.74, 6) is -0.296. The molecule has 1 aromatic carbocycles. The van der Waals surface area contributed by atoms with E-state index >= 15 is 0 Å². The molecule has 0 aliphatic rings. The molecule has 1 amide bonds. The first-order valence-electron chi connectivity index (χ1n) is 4.65. The van der Waals surface area contributed by atoms with Crippen molar-refractivity contribution in [1.29, 1.82) is 0 Å². The van der Waals surface area contributed by atoms with Gasteiger partial charge < -0.3 is 15.8 Å². The van der Waals surface area contributed by atoms with E-state index in [0.717, 1.165) is 13.4 Å². The zero-order valence-electron chi connectivity index (χ0n) is 8.97. The highest BCUT2D eigenvalue weighted by molar-refractivity contribution is 9.11. The molecule has 1 atom stereocenters. The van der Waals surface area contributed by atoms with Crippen LogP contribution in [-0.4, -0.2) is 25.7 Å². The Morgan fingerprint density at radius 3 is 2.41 bits per heavy atom. The Morgan fingerprint density at radius 2 is 1.94 bits per heavy atom. The molecule has 94 valence electrons. The summed E-state index contributed by atoms with van der Waals surface area (Å²) >= 11 is 10.1. The van der Waals surface area contributed by atoms with Gasteiger partial charge in [-0.25, -0.2) is 0 Å². The molecule has 0 spiro atoms. The van der Waals surface area contributed by atoms with Crippen molar-refractivity contribution in [2.24, 2.45) is 5.73 Å². The maximum absolute atomic E-state index is 11.7. The van der Waals surface area contributed by atoms with Crippen LogP contribution in [0.25, 0.3) is 0 Å². The van der Waals surface area contributed by atoms with Crippen LogP contribution < -0.4 is 11.1 Å². The summed E-state index contributed by atoms with van der Waals surface area (Å²) in [7, 11) is 1.50. The van der Waals surface area contributed by atoms with Crippen molar-refractivity contribution in [3.05, 3.63) is 25.6 Å². The Hall–Kier alpha value is 0.0500. The molecule has 17 heavy (non-hydrogen) atoms. The summed E-state index contributed by atoms with van der Waals surface area (Å²) < 4.78 is 7.25. The van der Waals surface area contributed by atoms with E-state index in [4.69, 9.17) is 10.5 Å². The fourth-order valence-electron chi connectivity index (χ4n) is 1.13. The monoisotopic (exact) mass is 428 g/mol. The van der Waals surface area contributed by atoms with E-state index in [1.165, 1.54) is 7.11 Å². The zero-order chi connectivity index (χ0) is 13.0. The van der Waals surface area contributed by atoms with Crippen molar-refractivity contribution in [3.63, 3.8) is 0 Å². The zero-order valence-corrected chi connectivity index (χ0v) is 13.7. The lowest BCUT2D eigenvalue weighted by atomic mass is 10.2. The summed E-state index contributed by atoms with van der Waals surface area (Å²) in [6, 6.07) is 2.98. The van der Waals surface area contributed by atoms with Crippen LogP contribution in [0, 0.1) is 0 Å². The van der Waals surface area contributed by atoms with Gasteiger partial charge in [-0.15, -0.1) is 0 Å². The van der Waals surface area contributed by atoms with Gasteiger partial charge in [-0.3, -0.25) is 4.79 Å². The van der Waals surface area contributed by atoms with Crippen LogP contribution in [0.15, 0.2) is 25.6 Å². The lowest BCUT2D eigenvalue weighted by molar-refractivity contribution is -0.118. The number of benzene rings is 1. The number of anilines is 1. The Morgan fingerprint density at radius 1 is 1.41 bits per heavy atom. The van der Waals surface area contributed by atoms with E-state index in [2.05, 4.69) is 53.1 Å². The molecule has 4 nitrogen and oxygen atoms in total. The van der Waals surface area contributed by atoms with Crippen molar-refractivity contribution < 1.29 is 9.53 Å². The second-order valence-electron chi connectivity index (χ2n) is 3.30. The Balaban J connectivity index is 2.85. The number of carbonyl (C=O) groups is 1. The van der Waals surface area contributed by atoms with Gasteiger partial charge in [0.05, 0.1) is 12.3 Å². The number of rotatable bonds is 4. The predicted octanol–water partition coefficient (Wildman–Crippen LogP) is 2.89. The molecule has 0 saturated carbocycles. The number of halogens is 3. The van der Waals surface area contributed by atoms with Crippen LogP contribution in [-0.2, 0) is 9.53 Å². The van der Waals surface area contributed by atoms with Gasteiger partial charge in [-0.1, -0.05) is 15.9 Å². The maximum Gasteiger partial charge on any atom is 0.243 e. The molecule has 0 saturated heterocycles. The Bertz CT molecular complexity index is 403. The smallest absolute Gasteiger partial charge is 0.243 e. The van der Waals surface area contributed by atoms with Crippen LogP contribution >= 0.6 is 47.8 Å². The minimum absolute atomic E-state index is 0.178. The van der Waals surface area contributed by atoms with Gasteiger partial charge in [0, 0.05) is 20.5 Å². The van der Waals surface area contributed by atoms with E-state index in [0.29, 0.717) is 5.69 Å². The molecule has 0 fully saturated rings. The normalized spacial score (nSPS) is 12.3. The Kier molecular flexibility index (Phi) is 6.08. The molecular formula is C10H11Br3N2O2. The van der Waals surface area contributed by atoms with Gasteiger partial charge in [0.15, 0.2) is 0 Å². The van der Waals surface area contributed by atoms with Crippen molar-refractivity contribution >= 4 is 59.4 Å². The van der Waals surface area contributed by atoms with E-state index in [1.807, 2.05) is 12.1 Å². The maximum atomic E-state index is 11.7. The lowest BCUT2D eigenvalue weighted by Crippen LogP contribution is -2.39. The summed E-state index contributed by atoms with van der Waals surface area (Å²) in [4.78, 5) is 11.7. The van der Waals surface area contributed by atoms with E-state index in [9.17, 15) is 4.79 Å². The molecule has 0 aliphatic heterocycles. The van der Waals surface area contributed by atoms with Gasteiger partial charge in [-0.2, -0.15) is 0 Å². The molecular weight excluding hydrogens is 420 g/mol. The molecule has 0 radical (unpaired) electrons.